The van der Waals surface area contributed by atoms with Crippen LogP contribution in [0.3, 0.4) is 0 Å². The Labute approximate surface area is 172 Å². The number of anilines is 1. The van der Waals surface area contributed by atoms with Crippen molar-refractivity contribution in [2.75, 3.05) is 5.32 Å². The summed E-state index contributed by atoms with van der Waals surface area (Å²) in [5, 5.41) is 4.65. The van der Waals surface area contributed by atoms with Gasteiger partial charge in [0.2, 0.25) is 0 Å². The molecule has 4 nitrogen and oxygen atoms in total. The SMILES string of the molecule is Cc1c(-c2ccc(Cl)cc2Cl)nc2ccccc2c1C(=O)Nc1ccccn1. The summed E-state index contributed by atoms with van der Waals surface area (Å²) in [5.74, 6) is 0.236. The summed E-state index contributed by atoms with van der Waals surface area (Å²) in [6.45, 7) is 1.87. The van der Waals surface area contributed by atoms with E-state index in [1.54, 1.807) is 30.5 Å². The lowest BCUT2D eigenvalue weighted by Crippen LogP contribution is -2.16. The van der Waals surface area contributed by atoms with Crippen LogP contribution in [0.25, 0.3) is 22.2 Å². The van der Waals surface area contributed by atoms with Crippen LogP contribution in [0.4, 0.5) is 5.82 Å². The highest BCUT2D eigenvalue weighted by atomic mass is 35.5. The number of aromatic nitrogens is 2. The van der Waals surface area contributed by atoms with E-state index in [2.05, 4.69) is 10.3 Å². The van der Waals surface area contributed by atoms with Crippen LogP contribution in [0.2, 0.25) is 10.0 Å². The molecule has 138 valence electrons. The Kier molecular flexibility index (Phi) is 4.99. The molecule has 0 aliphatic heterocycles. The van der Waals surface area contributed by atoms with Crippen molar-refractivity contribution in [2.45, 2.75) is 6.92 Å². The molecular weight excluding hydrogens is 393 g/mol. The van der Waals surface area contributed by atoms with Crippen molar-refractivity contribution in [3.8, 4) is 11.3 Å². The summed E-state index contributed by atoms with van der Waals surface area (Å²) in [6.07, 6.45) is 1.63. The maximum absolute atomic E-state index is 13.1. The first-order chi connectivity index (χ1) is 13.5. The Morgan fingerprint density at radius 1 is 1.00 bits per heavy atom. The second kappa shape index (κ2) is 7.58. The second-order valence-corrected chi connectivity index (χ2v) is 7.11. The summed E-state index contributed by atoms with van der Waals surface area (Å²) in [4.78, 5) is 22.1. The van der Waals surface area contributed by atoms with Crippen LogP contribution in [-0.2, 0) is 0 Å². The molecule has 4 rings (SSSR count). The number of rotatable bonds is 3. The molecule has 0 bridgehead atoms. The van der Waals surface area contributed by atoms with E-state index in [1.807, 2.05) is 43.3 Å². The van der Waals surface area contributed by atoms with Crippen LogP contribution >= 0.6 is 23.2 Å². The third-order valence-corrected chi connectivity index (χ3v) is 5.00. The van der Waals surface area contributed by atoms with Gasteiger partial charge in [0, 0.05) is 22.2 Å². The summed E-state index contributed by atoms with van der Waals surface area (Å²) in [5.41, 5.74) is 3.35. The first-order valence-corrected chi connectivity index (χ1v) is 9.37. The number of para-hydroxylation sites is 1. The fraction of sp³-hybridized carbons (Fsp3) is 0.0455. The van der Waals surface area contributed by atoms with Crippen molar-refractivity contribution < 1.29 is 4.79 Å². The Hall–Kier alpha value is -2.95. The van der Waals surface area contributed by atoms with Crippen molar-refractivity contribution in [3.05, 3.63) is 88.0 Å². The zero-order valence-corrected chi connectivity index (χ0v) is 16.4. The normalized spacial score (nSPS) is 10.8. The first kappa shape index (κ1) is 18.4. The quantitative estimate of drug-likeness (QED) is 0.442. The number of carbonyl (C=O) groups excluding carboxylic acids is 1. The topological polar surface area (TPSA) is 54.9 Å². The summed E-state index contributed by atoms with van der Waals surface area (Å²) >= 11 is 12.4. The van der Waals surface area contributed by atoms with E-state index in [4.69, 9.17) is 28.2 Å². The lowest BCUT2D eigenvalue weighted by molar-refractivity contribution is 0.102. The van der Waals surface area contributed by atoms with E-state index < -0.39 is 0 Å². The number of nitrogens with zero attached hydrogens (tertiary/aromatic N) is 2. The molecule has 6 heteroatoms. The summed E-state index contributed by atoms with van der Waals surface area (Å²) in [7, 11) is 0. The van der Waals surface area contributed by atoms with Crippen LogP contribution in [-0.4, -0.2) is 15.9 Å². The molecule has 0 spiro atoms. The Bertz CT molecular complexity index is 1190. The van der Waals surface area contributed by atoms with Crippen molar-refractivity contribution >= 4 is 45.8 Å². The third-order valence-electron chi connectivity index (χ3n) is 4.46. The molecule has 2 aromatic heterocycles. The van der Waals surface area contributed by atoms with Gasteiger partial charge in [-0.05, 0) is 48.9 Å². The average molecular weight is 408 g/mol. The van der Waals surface area contributed by atoms with Gasteiger partial charge < -0.3 is 5.32 Å². The highest BCUT2D eigenvalue weighted by Gasteiger charge is 2.20. The molecular formula is C22H15Cl2N3O. The van der Waals surface area contributed by atoms with Gasteiger partial charge in [-0.15, -0.1) is 0 Å². The molecule has 0 saturated heterocycles. The van der Waals surface area contributed by atoms with Gasteiger partial charge in [0.15, 0.2) is 0 Å². The van der Waals surface area contributed by atoms with Gasteiger partial charge in [0.25, 0.3) is 5.91 Å². The number of hydrogen-bond acceptors (Lipinski definition) is 3. The number of fused-ring (bicyclic) bond motifs is 1. The lowest BCUT2D eigenvalue weighted by Gasteiger charge is -2.15. The van der Waals surface area contributed by atoms with Crippen molar-refractivity contribution in [3.63, 3.8) is 0 Å². The molecule has 2 heterocycles. The molecule has 4 aromatic rings. The number of halogens is 2. The molecule has 1 N–H and O–H groups in total. The average Bonchev–Trinajstić information content (AvgIpc) is 2.68. The van der Waals surface area contributed by atoms with Gasteiger partial charge in [0.1, 0.15) is 5.82 Å². The van der Waals surface area contributed by atoms with Crippen LogP contribution in [0, 0.1) is 6.92 Å². The Morgan fingerprint density at radius 2 is 1.79 bits per heavy atom. The smallest absolute Gasteiger partial charge is 0.257 e. The van der Waals surface area contributed by atoms with E-state index in [0.29, 0.717) is 32.6 Å². The summed E-state index contributed by atoms with van der Waals surface area (Å²) < 4.78 is 0. The fourth-order valence-corrected chi connectivity index (χ4v) is 3.66. The predicted molar refractivity (Wildman–Crippen MR) is 114 cm³/mol. The van der Waals surface area contributed by atoms with Crippen LogP contribution in [0.1, 0.15) is 15.9 Å². The summed E-state index contributed by atoms with van der Waals surface area (Å²) in [6, 6.07) is 18.1. The Morgan fingerprint density at radius 3 is 2.54 bits per heavy atom. The monoisotopic (exact) mass is 407 g/mol. The molecule has 0 aliphatic carbocycles. The standard InChI is InChI=1S/C22H15Cl2N3O/c1-13-20(22(28)27-19-8-4-5-11-25-19)16-6-2-3-7-18(16)26-21(13)15-10-9-14(23)12-17(15)24/h2-12H,1H3,(H,25,27,28). The van der Waals surface area contributed by atoms with Gasteiger partial charge in [-0.2, -0.15) is 0 Å². The van der Waals surface area contributed by atoms with E-state index in [0.717, 1.165) is 16.5 Å². The van der Waals surface area contributed by atoms with E-state index in [1.165, 1.54) is 0 Å². The molecule has 0 radical (unpaired) electrons. The number of benzene rings is 2. The minimum atomic E-state index is -0.249. The Balaban J connectivity index is 1.92. The molecule has 28 heavy (non-hydrogen) atoms. The molecule has 0 fully saturated rings. The zero-order chi connectivity index (χ0) is 19.7. The van der Waals surface area contributed by atoms with Gasteiger partial charge in [-0.1, -0.05) is 47.5 Å². The maximum Gasteiger partial charge on any atom is 0.257 e. The number of hydrogen-bond donors (Lipinski definition) is 1. The first-order valence-electron chi connectivity index (χ1n) is 8.62. The minimum Gasteiger partial charge on any atom is -0.307 e. The lowest BCUT2D eigenvalue weighted by atomic mass is 9.97. The fourth-order valence-electron chi connectivity index (χ4n) is 3.16. The molecule has 0 aliphatic rings. The minimum absolute atomic E-state index is 0.249. The maximum atomic E-state index is 13.1. The van der Waals surface area contributed by atoms with Crippen LogP contribution < -0.4 is 5.32 Å². The highest BCUT2D eigenvalue weighted by molar-refractivity contribution is 6.36. The second-order valence-electron chi connectivity index (χ2n) is 6.27. The van der Waals surface area contributed by atoms with E-state index in [-0.39, 0.29) is 5.91 Å². The van der Waals surface area contributed by atoms with Crippen molar-refractivity contribution in [1.82, 2.24) is 9.97 Å². The van der Waals surface area contributed by atoms with E-state index >= 15 is 0 Å². The van der Waals surface area contributed by atoms with Crippen LogP contribution in [0.5, 0.6) is 0 Å². The number of carbonyl (C=O) groups is 1. The number of nitrogens with one attached hydrogen (secondary N) is 1. The predicted octanol–water partition coefficient (Wildman–Crippen LogP) is 6.16. The number of amides is 1. The van der Waals surface area contributed by atoms with Gasteiger partial charge in [-0.25, -0.2) is 9.97 Å². The highest BCUT2D eigenvalue weighted by Crippen LogP contribution is 2.35. The largest absolute Gasteiger partial charge is 0.307 e. The van der Waals surface area contributed by atoms with Crippen molar-refractivity contribution in [1.29, 1.82) is 0 Å². The third kappa shape index (κ3) is 3.44. The van der Waals surface area contributed by atoms with E-state index in [9.17, 15) is 4.79 Å². The molecule has 0 unspecified atom stereocenters. The van der Waals surface area contributed by atoms with Gasteiger partial charge >= 0.3 is 0 Å². The zero-order valence-electron chi connectivity index (χ0n) is 14.9. The van der Waals surface area contributed by atoms with Crippen LogP contribution in [0.15, 0.2) is 66.9 Å². The number of pyridine rings is 2. The molecule has 2 aromatic carbocycles. The van der Waals surface area contributed by atoms with Gasteiger partial charge in [-0.3, -0.25) is 4.79 Å². The molecule has 0 atom stereocenters. The molecule has 1 amide bonds. The molecule has 0 saturated carbocycles. The van der Waals surface area contributed by atoms with Crippen molar-refractivity contribution in [2.24, 2.45) is 0 Å². The van der Waals surface area contributed by atoms with Gasteiger partial charge in [0.05, 0.1) is 21.8 Å².